The highest BCUT2D eigenvalue weighted by molar-refractivity contribution is 5.61. The van der Waals surface area contributed by atoms with Gasteiger partial charge in [0, 0.05) is 0 Å². The lowest BCUT2D eigenvalue weighted by Crippen LogP contribution is -1.98. The summed E-state index contributed by atoms with van der Waals surface area (Å²) in [5.41, 5.74) is 0. The number of hydrogen-bond donors (Lipinski definition) is 0. The molecule has 0 bridgehead atoms. The number of hydrogen-bond acceptors (Lipinski definition) is 3. The first-order valence-electron chi connectivity index (χ1n) is 6.77. The first-order chi connectivity index (χ1) is 8.60. The second kappa shape index (κ2) is 10.9. The Labute approximate surface area is 111 Å². The summed E-state index contributed by atoms with van der Waals surface area (Å²) in [6.45, 7) is 8.58. The Kier molecular flexibility index (Phi) is 10.1. The Morgan fingerprint density at radius 3 is 1.67 bits per heavy atom. The predicted octanol–water partition coefficient (Wildman–Crippen LogP) is 5.04. The third-order valence-corrected chi connectivity index (χ3v) is 2.99. The molecule has 3 heteroatoms. The van der Waals surface area contributed by atoms with Gasteiger partial charge in [0.15, 0.2) is 0 Å². The lowest BCUT2D eigenvalue weighted by molar-refractivity contribution is 0.119. The molecule has 0 spiro atoms. The van der Waals surface area contributed by atoms with Gasteiger partial charge in [0.25, 0.3) is 0 Å². The molecule has 0 rings (SSSR count). The summed E-state index contributed by atoms with van der Waals surface area (Å²) in [4.78, 5) is 11.1. The third kappa shape index (κ3) is 9.94. The smallest absolute Gasteiger partial charge is 0.403 e. The van der Waals surface area contributed by atoms with Crippen LogP contribution in [0.2, 0.25) is 0 Å². The van der Waals surface area contributed by atoms with Gasteiger partial charge in [0.2, 0.25) is 0 Å². The standard InChI is InChI=1S/C15H26O3/c1-5-13(3)9-7-11-17-15(16)18-12-8-10-14(4)6-2/h7-8,11-14H,5-6,9-10H2,1-4H3. The van der Waals surface area contributed by atoms with Crippen molar-refractivity contribution in [2.45, 2.75) is 53.4 Å². The van der Waals surface area contributed by atoms with Crippen molar-refractivity contribution in [3.8, 4) is 0 Å². The molecule has 104 valence electrons. The summed E-state index contributed by atoms with van der Waals surface area (Å²) < 4.78 is 9.55. The van der Waals surface area contributed by atoms with Crippen LogP contribution in [-0.4, -0.2) is 6.16 Å². The van der Waals surface area contributed by atoms with E-state index in [9.17, 15) is 4.79 Å². The Hall–Kier alpha value is -1.25. The van der Waals surface area contributed by atoms with Gasteiger partial charge < -0.3 is 9.47 Å². The maximum absolute atomic E-state index is 11.1. The van der Waals surface area contributed by atoms with E-state index in [1.807, 2.05) is 12.2 Å². The van der Waals surface area contributed by atoms with E-state index >= 15 is 0 Å². The maximum atomic E-state index is 11.1. The van der Waals surface area contributed by atoms with E-state index in [-0.39, 0.29) is 0 Å². The molecule has 0 radical (unpaired) electrons. The van der Waals surface area contributed by atoms with Gasteiger partial charge in [-0.25, -0.2) is 4.79 Å². The van der Waals surface area contributed by atoms with Crippen LogP contribution < -0.4 is 0 Å². The fourth-order valence-electron chi connectivity index (χ4n) is 1.14. The van der Waals surface area contributed by atoms with Crippen molar-refractivity contribution in [2.24, 2.45) is 11.8 Å². The van der Waals surface area contributed by atoms with E-state index in [4.69, 9.17) is 9.47 Å². The van der Waals surface area contributed by atoms with Gasteiger partial charge in [0.05, 0.1) is 12.5 Å². The molecule has 0 aliphatic carbocycles. The zero-order chi connectivity index (χ0) is 13.8. The minimum atomic E-state index is -0.684. The van der Waals surface area contributed by atoms with Crippen molar-refractivity contribution in [3.05, 3.63) is 24.7 Å². The molecule has 3 nitrogen and oxygen atoms in total. The Bertz CT molecular complexity index is 243. The molecule has 0 aromatic rings. The third-order valence-electron chi connectivity index (χ3n) is 2.99. The minimum Gasteiger partial charge on any atom is -0.403 e. The molecule has 0 saturated carbocycles. The van der Waals surface area contributed by atoms with Crippen molar-refractivity contribution in [2.75, 3.05) is 0 Å². The lowest BCUT2D eigenvalue weighted by Gasteiger charge is -2.03. The second-order valence-corrected chi connectivity index (χ2v) is 4.73. The fourth-order valence-corrected chi connectivity index (χ4v) is 1.14. The molecule has 0 N–H and O–H groups in total. The van der Waals surface area contributed by atoms with E-state index in [0.29, 0.717) is 11.8 Å². The van der Waals surface area contributed by atoms with Crippen LogP contribution in [0, 0.1) is 11.8 Å². The summed E-state index contributed by atoms with van der Waals surface area (Å²) in [6.07, 6.45) is 9.86. The highest BCUT2D eigenvalue weighted by atomic mass is 16.7. The molecule has 0 heterocycles. The van der Waals surface area contributed by atoms with E-state index in [2.05, 4.69) is 27.7 Å². The highest BCUT2D eigenvalue weighted by Crippen LogP contribution is 2.07. The van der Waals surface area contributed by atoms with Crippen LogP contribution in [0.15, 0.2) is 24.7 Å². The average molecular weight is 254 g/mol. The van der Waals surface area contributed by atoms with Crippen LogP contribution in [0.25, 0.3) is 0 Å². The molecule has 0 fully saturated rings. The molecule has 0 saturated heterocycles. The van der Waals surface area contributed by atoms with Crippen LogP contribution in [0.5, 0.6) is 0 Å². The van der Waals surface area contributed by atoms with Gasteiger partial charge in [-0.05, 0) is 36.8 Å². The number of carbonyl (C=O) groups is 1. The van der Waals surface area contributed by atoms with Crippen LogP contribution >= 0.6 is 0 Å². The van der Waals surface area contributed by atoms with Crippen LogP contribution in [0.1, 0.15) is 53.4 Å². The van der Waals surface area contributed by atoms with Crippen molar-refractivity contribution in [1.29, 1.82) is 0 Å². The molecule has 0 aliphatic heterocycles. The molecule has 0 aromatic carbocycles. The Balaban J connectivity index is 3.65. The molecule has 0 amide bonds. The number of allylic oxidation sites excluding steroid dienone is 2. The van der Waals surface area contributed by atoms with E-state index in [0.717, 1.165) is 25.7 Å². The molecule has 0 aliphatic rings. The zero-order valence-electron chi connectivity index (χ0n) is 12.0. The van der Waals surface area contributed by atoms with Crippen LogP contribution in [-0.2, 0) is 9.47 Å². The first-order valence-corrected chi connectivity index (χ1v) is 6.77. The second-order valence-electron chi connectivity index (χ2n) is 4.73. The van der Waals surface area contributed by atoms with E-state index in [1.165, 1.54) is 12.5 Å². The van der Waals surface area contributed by atoms with E-state index in [1.54, 1.807) is 0 Å². The van der Waals surface area contributed by atoms with Crippen molar-refractivity contribution < 1.29 is 14.3 Å². The van der Waals surface area contributed by atoms with Gasteiger partial charge in [0.1, 0.15) is 0 Å². The summed E-state index contributed by atoms with van der Waals surface area (Å²) in [7, 11) is 0. The van der Waals surface area contributed by atoms with Crippen molar-refractivity contribution >= 4 is 6.16 Å². The molecule has 2 unspecified atom stereocenters. The zero-order valence-corrected chi connectivity index (χ0v) is 12.0. The monoisotopic (exact) mass is 254 g/mol. The van der Waals surface area contributed by atoms with Gasteiger partial charge in [-0.2, -0.15) is 0 Å². The van der Waals surface area contributed by atoms with Gasteiger partial charge in [-0.3, -0.25) is 0 Å². The first kappa shape index (κ1) is 16.8. The van der Waals surface area contributed by atoms with Gasteiger partial charge in [-0.1, -0.05) is 40.5 Å². The summed E-state index contributed by atoms with van der Waals surface area (Å²) in [5.74, 6) is 1.22. The summed E-state index contributed by atoms with van der Waals surface area (Å²) >= 11 is 0. The number of carbonyl (C=O) groups excluding carboxylic acids is 1. The van der Waals surface area contributed by atoms with Crippen LogP contribution in [0.3, 0.4) is 0 Å². The number of rotatable bonds is 8. The quantitative estimate of drug-likeness (QED) is 0.449. The van der Waals surface area contributed by atoms with Crippen LogP contribution in [0.4, 0.5) is 4.79 Å². The minimum absolute atomic E-state index is 0.608. The summed E-state index contributed by atoms with van der Waals surface area (Å²) in [6, 6.07) is 0. The highest BCUT2D eigenvalue weighted by Gasteiger charge is 1.99. The SMILES string of the molecule is CCC(C)CC=COC(=O)OC=CCC(C)CC. The molecule has 18 heavy (non-hydrogen) atoms. The van der Waals surface area contributed by atoms with Gasteiger partial charge >= 0.3 is 6.16 Å². The molecular formula is C15H26O3. The number of ether oxygens (including phenoxy) is 2. The van der Waals surface area contributed by atoms with E-state index < -0.39 is 6.16 Å². The van der Waals surface area contributed by atoms with Crippen molar-refractivity contribution in [3.63, 3.8) is 0 Å². The predicted molar refractivity (Wildman–Crippen MR) is 74.0 cm³/mol. The molecular weight excluding hydrogens is 228 g/mol. The van der Waals surface area contributed by atoms with Gasteiger partial charge in [-0.15, -0.1) is 0 Å². The van der Waals surface area contributed by atoms with Crippen molar-refractivity contribution in [1.82, 2.24) is 0 Å². The average Bonchev–Trinajstić information content (AvgIpc) is 2.38. The topological polar surface area (TPSA) is 35.5 Å². The molecule has 0 aromatic heterocycles. The fraction of sp³-hybridized carbons (Fsp3) is 0.667. The lowest BCUT2D eigenvalue weighted by atomic mass is 10.1. The summed E-state index contributed by atoms with van der Waals surface area (Å²) in [5, 5.41) is 0. The maximum Gasteiger partial charge on any atom is 0.518 e. The normalized spacial score (nSPS) is 14.9. The Morgan fingerprint density at radius 1 is 0.944 bits per heavy atom. The largest absolute Gasteiger partial charge is 0.518 e. The molecule has 2 atom stereocenters. The Morgan fingerprint density at radius 2 is 1.33 bits per heavy atom.